The van der Waals surface area contributed by atoms with Crippen LogP contribution in [0.15, 0.2) is 60.7 Å². The van der Waals surface area contributed by atoms with Gasteiger partial charge in [-0.15, -0.1) is 0 Å². The molecule has 0 aliphatic heterocycles. The number of carbonyl (C=O) groups excluding carboxylic acids is 2. The van der Waals surface area contributed by atoms with Crippen molar-refractivity contribution in [2.45, 2.75) is 25.7 Å². The minimum Gasteiger partial charge on any atom is -0.493 e. The van der Waals surface area contributed by atoms with Crippen LogP contribution >= 0.6 is 34.8 Å². The van der Waals surface area contributed by atoms with Crippen LogP contribution in [-0.4, -0.2) is 60.5 Å². The fourth-order valence-electron chi connectivity index (χ4n) is 5.18. The molecule has 10 nitrogen and oxygen atoms in total. The highest BCUT2D eigenvalue weighted by molar-refractivity contribution is 6.37. The zero-order valence-electron chi connectivity index (χ0n) is 28.4. The van der Waals surface area contributed by atoms with Crippen LogP contribution in [0.3, 0.4) is 0 Å². The van der Waals surface area contributed by atoms with Gasteiger partial charge in [-0.05, 0) is 83.6 Å². The first-order chi connectivity index (χ1) is 24.1. The van der Waals surface area contributed by atoms with Gasteiger partial charge in [-0.2, -0.15) is 0 Å². The van der Waals surface area contributed by atoms with Gasteiger partial charge in [-0.3, -0.25) is 9.59 Å². The number of nitrogens with one attached hydrogen (secondary N) is 2. The highest BCUT2D eigenvalue weighted by Gasteiger charge is 2.19. The van der Waals surface area contributed by atoms with Crippen LogP contribution in [0.25, 0.3) is 0 Å². The molecular formula is C37H39Cl3N2O8. The number of methoxy groups -OCH3 is 5. The van der Waals surface area contributed by atoms with E-state index in [1.807, 2.05) is 36.4 Å². The SMILES string of the molecule is COc1ccc(CCNC(=O)Cc2cc(Cl)c(Oc3cc(CC(=O)NCCc4ccc(OC)c(OC)c4)cc(Cl)c3OC)c(Cl)c2)cc1OC. The molecule has 2 amide bonds. The van der Waals surface area contributed by atoms with E-state index in [4.69, 9.17) is 63.2 Å². The summed E-state index contributed by atoms with van der Waals surface area (Å²) in [5, 5.41) is 6.44. The number of benzene rings is 4. The van der Waals surface area contributed by atoms with E-state index < -0.39 is 0 Å². The first-order valence-electron chi connectivity index (χ1n) is 15.6. The van der Waals surface area contributed by atoms with Crippen molar-refractivity contribution < 1.29 is 38.0 Å². The lowest BCUT2D eigenvalue weighted by Gasteiger charge is -2.16. The molecular weight excluding hydrogens is 707 g/mol. The molecule has 0 fully saturated rings. The molecule has 4 rings (SSSR count). The van der Waals surface area contributed by atoms with E-state index in [2.05, 4.69) is 10.6 Å². The number of hydrogen-bond donors (Lipinski definition) is 2. The van der Waals surface area contributed by atoms with Gasteiger partial charge < -0.3 is 39.1 Å². The Hall–Kier alpha value is -4.51. The summed E-state index contributed by atoms with van der Waals surface area (Å²) < 4.78 is 32.8. The van der Waals surface area contributed by atoms with Crippen molar-refractivity contribution in [2.75, 3.05) is 48.6 Å². The van der Waals surface area contributed by atoms with Gasteiger partial charge in [0.15, 0.2) is 40.2 Å². The summed E-state index contributed by atoms with van der Waals surface area (Å²) in [6.45, 7) is 0.832. The normalized spacial score (nSPS) is 10.6. The second-order valence-electron chi connectivity index (χ2n) is 11.0. The van der Waals surface area contributed by atoms with Gasteiger partial charge in [0.2, 0.25) is 11.8 Å². The summed E-state index contributed by atoms with van der Waals surface area (Å²) >= 11 is 19.7. The van der Waals surface area contributed by atoms with Gasteiger partial charge in [-0.25, -0.2) is 0 Å². The molecule has 0 aliphatic rings. The van der Waals surface area contributed by atoms with Crippen LogP contribution in [0.2, 0.25) is 15.1 Å². The Kier molecular flexibility index (Phi) is 14.1. The zero-order chi connectivity index (χ0) is 36.2. The first-order valence-corrected chi connectivity index (χ1v) is 16.7. The molecule has 13 heteroatoms. The van der Waals surface area contributed by atoms with Crippen molar-refractivity contribution in [1.29, 1.82) is 0 Å². The molecule has 0 bridgehead atoms. The summed E-state index contributed by atoms with van der Waals surface area (Å²) in [6, 6.07) is 17.7. The quantitative estimate of drug-likeness (QED) is 0.116. The Morgan fingerprint density at radius 3 is 1.32 bits per heavy atom. The van der Waals surface area contributed by atoms with E-state index in [-0.39, 0.29) is 57.0 Å². The Morgan fingerprint density at radius 2 is 0.900 bits per heavy atom. The average molecular weight is 746 g/mol. The van der Waals surface area contributed by atoms with Crippen molar-refractivity contribution in [3.05, 3.63) is 98.0 Å². The Bertz CT molecular complexity index is 1800. The lowest BCUT2D eigenvalue weighted by molar-refractivity contribution is -0.121. The van der Waals surface area contributed by atoms with E-state index >= 15 is 0 Å². The number of amides is 2. The second kappa shape index (κ2) is 18.5. The fraction of sp³-hybridized carbons (Fsp3) is 0.297. The van der Waals surface area contributed by atoms with Gasteiger partial charge >= 0.3 is 0 Å². The molecule has 0 unspecified atom stereocenters. The van der Waals surface area contributed by atoms with Gasteiger partial charge in [0.1, 0.15) is 0 Å². The third-order valence-electron chi connectivity index (χ3n) is 7.64. The van der Waals surface area contributed by atoms with Crippen LogP contribution in [0.5, 0.6) is 40.2 Å². The molecule has 0 aliphatic carbocycles. The Morgan fingerprint density at radius 1 is 0.500 bits per heavy atom. The number of ether oxygens (including phenoxy) is 6. The predicted molar refractivity (Wildman–Crippen MR) is 194 cm³/mol. The molecule has 0 radical (unpaired) electrons. The predicted octanol–water partition coefficient (Wildman–Crippen LogP) is 7.28. The number of hydrogen-bond acceptors (Lipinski definition) is 8. The minimum absolute atomic E-state index is 0.0352. The highest BCUT2D eigenvalue weighted by Crippen LogP contribution is 2.43. The summed E-state index contributed by atoms with van der Waals surface area (Å²) in [4.78, 5) is 25.5. The van der Waals surface area contributed by atoms with Crippen molar-refractivity contribution in [1.82, 2.24) is 10.6 Å². The second-order valence-corrected chi connectivity index (χ2v) is 12.3. The molecule has 0 atom stereocenters. The lowest BCUT2D eigenvalue weighted by Crippen LogP contribution is -2.27. The van der Waals surface area contributed by atoms with Crippen LogP contribution < -0.4 is 39.1 Å². The summed E-state index contributed by atoms with van der Waals surface area (Å²) in [6.07, 6.45) is 1.29. The highest BCUT2D eigenvalue weighted by atomic mass is 35.5. The van der Waals surface area contributed by atoms with Gasteiger partial charge in [0.05, 0.1) is 63.5 Å². The van der Waals surface area contributed by atoms with E-state index in [9.17, 15) is 9.59 Å². The maximum atomic E-state index is 12.8. The average Bonchev–Trinajstić information content (AvgIpc) is 3.09. The summed E-state index contributed by atoms with van der Waals surface area (Å²) in [7, 11) is 7.75. The lowest BCUT2D eigenvalue weighted by atomic mass is 10.1. The van der Waals surface area contributed by atoms with E-state index in [1.165, 1.54) is 7.11 Å². The van der Waals surface area contributed by atoms with Gasteiger partial charge in [-0.1, -0.05) is 46.9 Å². The van der Waals surface area contributed by atoms with Crippen molar-refractivity contribution in [2.24, 2.45) is 0 Å². The van der Waals surface area contributed by atoms with Crippen LogP contribution in [-0.2, 0) is 35.3 Å². The topological polar surface area (TPSA) is 114 Å². The van der Waals surface area contributed by atoms with E-state index in [1.54, 1.807) is 52.7 Å². The summed E-state index contributed by atoms with van der Waals surface area (Å²) in [5.74, 6) is 2.72. The Labute approximate surface area is 306 Å². The van der Waals surface area contributed by atoms with Crippen LogP contribution in [0, 0.1) is 0 Å². The largest absolute Gasteiger partial charge is 0.493 e. The fourth-order valence-corrected chi connectivity index (χ4v) is 6.10. The van der Waals surface area contributed by atoms with E-state index in [0.717, 1.165) is 11.1 Å². The minimum atomic E-state index is -0.208. The smallest absolute Gasteiger partial charge is 0.224 e. The van der Waals surface area contributed by atoms with Crippen molar-refractivity contribution in [3.8, 4) is 40.2 Å². The summed E-state index contributed by atoms with van der Waals surface area (Å²) in [5.41, 5.74) is 3.15. The molecule has 4 aromatic carbocycles. The molecule has 50 heavy (non-hydrogen) atoms. The molecule has 0 aromatic heterocycles. The molecule has 4 aromatic rings. The molecule has 0 saturated heterocycles. The van der Waals surface area contributed by atoms with Crippen molar-refractivity contribution >= 4 is 46.6 Å². The third kappa shape index (κ3) is 10.3. The van der Waals surface area contributed by atoms with Gasteiger partial charge in [0, 0.05) is 13.1 Å². The molecule has 0 heterocycles. The molecule has 0 spiro atoms. The standard InChI is InChI=1S/C37H39Cl3N2O8/c1-45-29-8-6-22(17-31(29)47-3)10-12-41-34(43)20-24-14-26(38)36(27(39)15-24)50-33-19-25(16-28(40)37(33)49-5)21-35(44)42-13-11-23-7-9-30(46-2)32(18-23)48-4/h6-9,14-19H,10-13,20-21H2,1-5H3,(H,41,43)(H,42,44). The third-order valence-corrected chi connectivity index (χ3v) is 8.48. The molecule has 2 N–H and O–H groups in total. The molecule has 0 saturated carbocycles. The maximum absolute atomic E-state index is 12.8. The van der Waals surface area contributed by atoms with Crippen molar-refractivity contribution in [3.63, 3.8) is 0 Å². The van der Waals surface area contributed by atoms with E-state index in [0.29, 0.717) is 60.1 Å². The van der Waals surface area contributed by atoms with Gasteiger partial charge in [0.25, 0.3) is 0 Å². The number of carbonyl (C=O) groups is 2. The first kappa shape index (κ1) is 38.3. The van der Waals surface area contributed by atoms with Crippen LogP contribution in [0.1, 0.15) is 22.3 Å². The Balaban J connectivity index is 1.36. The number of rotatable bonds is 17. The zero-order valence-corrected chi connectivity index (χ0v) is 30.7. The van der Waals surface area contributed by atoms with Crippen LogP contribution in [0.4, 0.5) is 0 Å². The maximum Gasteiger partial charge on any atom is 0.224 e. The molecule has 266 valence electrons. The monoisotopic (exact) mass is 744 g/mol. The number of halogens is 3.